The largest absolute Gasteiger partial charge is 0.481 e. The van der Waals surface area contributed by atoms with E-state index < -0.39 is 30.0 Å². The van der Waals surface area contributed by atoms with Crippen LogP contribution in [-0.4, -0.2) is 81.1 Å². The number of aliphatic hydroxyl groups excluding tert-OH is 1. The van der Waals surface area contributed by atoms with Crippen LogP contribution >= 0.6 is 11.6 Å². The van der Waals surface area contributed by atoms with Crippen LogP contribution in [0.15, 0.2) is 54.7 Å². The van der Waals surface area contributed by atoms with E-state index in [1.165, 1.54) is 5.56 Å². The molecule has 0 radical (unpaired) electrons. The Bertz CT molecular complexity index is 1290. The average molecular weight is 586 g/mol. The third-order valence-corrected chi connectivity index (χ3v) is 6.61. The third-order valence-electron chi connectivity index (χ3n) is 6.33. The van der Waals surface area contributed by atoms with Gasteiger partial charge in [0.1, 0.15) is 0 Å². The second-order valence-corrected chi connectivity index (χ2v) is 10.6. The number of anilines is 2. The van der Waals surface area contributed by atoms with Crippen molar-refractivity contribution in [1.29, 1.82) is 0 Å². The van der Waals surface area contributed by atoms with Crippen LogP contribution in [-0.2, 0) is 26.3 Å². The zero-order valence-corrected chi connectivity index (χ0v) is 23.8. The van der Waals surface area contributed by atoms with Crippen LogP contribution in [0.2, 0.25) is 5.02 Å². The number of benzene rings is 2. The van der Waals surface area contributed by atoms with Gasteiger partial charge >= 0.3 is 11.9 Å². The molecular formula is C29H36ClN5O6. The first-order valence-corrected chi connectivity index (χ1v) is 13.5. The summed E-state index contributed by atoms with van der Waals surface area (Å²) in [7, 11) is 0. The van der Waals surface area contributed by atoms with Crippen LogP contribution in [0.25, 0.3) is 11.3 Å². The molecule has 1 aliphatic rings. The molecule has 12 heteroatoms. The van der Waals surface area contributed by atoms with Gasteiger partial charge in [-0.3, -0.25) is 9.69 Å². The van der Waals surface area contributed by atoms with Gasteiger partial charge in [0.2, 0.25) is 5.95 Å². The molecule has 2 aromatic carbocycles. The molecule has 1 aliphatic heterocycles. The zero-order valence-electron chi connectivity index (χ0n) is 23.1. The molecule has 2 heterocycles. The molecule has 0 bridgehead atoms. The van der Waals surface area contributed by atoms with Crippen molar-refractivity contribution >= 4 is 35.2 Å². The molecule has 1 fully saturated rings. The van der Waals surface area contributed by atoms with Gasteiger partial charge in [-0.2, -0.15) is 0 Å². The quantitative estimate of drug-likeness (QED) is 0.236. The number of hydrogen-bond donors (Lipinski definition) is 5. The molecule has 1 unspecified atom stereocenters. The van der Waals surface area contributed by atoms with Gasteiger partial charge in [0.15, 0.2) is 6.10 Å². The van der Waals surface area contributed by atoms with Crippen molar-refractivity contribution in [1.82, 2.24) is 14.9 Å². The van der Waals surface area contributed by atoms with E-state index >= 15 is 0 Å². The van der Waals surface area contributed by atoms with Crippen LogP contribution in [0.5, 0.6) is 0 Å². The second-order valence-electron chi connectivity index (χ2n) is 10.2. The number of hydrogen-bond acceptors (Lipinski definition) is 9. The van der Waals surface area contributed by atoms with Crippen molar-refractivity contribution < 1.29 is 29.6 Å². The number of carboxylic acids is 2. The molecule has 1 saturated heterocycles. The van der Waals surface area contributed by atoms with E-state index in [0.29, 0.717) is 16.7 Å². The Balaban J connectivity index is 0.000000445. The summed E-state index contributed by atoms with van der Waals surface area (Å²) in [5.74, 6) is -2.34. The van der Waals surface area contributed by atoms with E-state index in [0.717, 1.165) is 56.1 Å². The number of aliphatic hydroxyl groups is 1. The Labute approximate surface area is 244 Å². The maximum absolute atomic E-state index is 9.72. The summed E-state index contributed by atoms with van der Waals surface area (Å²) >= 11 is 6.39. The van der Waals surface area contributed by atoms with Crippen molar-refractivity contribution in [2.24, 2.45) is 5.73 Å². The molecule has 1 atom stereocenters. The van der Waals surface area contributed by atoms with Gasteiger partial charge in [0.05, 0.1) is 36.5 Å². The molecule has 1 aromatic heterocycles. The summed E-state index contributed by atoms with van der Waals surface area (Å²) in [5, 5.41) is 27.9. The number of nitrogens with one attached hydrogen (secondary N) is 1. The zero-order chi connectivity index (χ0) is 30.0. The summed E-state index contributed by atoms with van der Waals surface area (Å²) in [6.07, 6.45) is 0.110. The van der Waals surface area contributed by atoms with Crippen molar-refractivity contribution in [3.63, 3.8) is 0 Å². The lowest BCUT2D eigenvalue weighted by atomic mass is 9.94. The maximum Gasteiger partial charge on any atom is 0.333 e. The number of carbonyl (C=O) groups is 2. The Morgan fingerprint density at radius 3 is 2.27 bits per heavy atom. The number of rotatable bonds is 10. The number of nitrogens with two attached hydrogens (primary N) is 1. The number of ether oxygens (including phenoxy) is 1. The summed E-state index contributed by atoms with van der Waals surface area (Å²) in [6, 6.07) is 16.4. The minimum atomic E-state index is -1.79. The van der Waals surface area contributed by atoms with Gasteiger partial charge in [0, 0.05) is 36.4 Å². The SMILES string of the molecule is CC(C)(N)c1ccc(-c2nc(Nc3ccc(CCN4CCOCC4)cc3)ncc2Cl)cc1.O=C(O)CC(O)C(=O)O. The fourth-order valence-electron chi connectivity index (χ4n) is 3.94. The highest BCUT2D eigenvalue weighted by molar-refractivity contribution is 6.32. The summed E-state index contributed by atoms with van der Waals surface area (Å²) in [4.78, 5) is 30.8. The summed E-state index contributed by atoms with van der Waals surface area (Å²) < 4.78 is 5.41. The minimum absolute atomic E-state index is 0.394. The predicted molar refractivity (Wildman–Crippen MR) is 156 cm³/mol. The number of aliphatic carboxylic acids is 2. The molecule has 4 rings (SSSR count). The van der Waals surface area contributed by atoms with E-state index in [1.54, 1.807) is 6.20 Å². The molecule has 11 nitrogen and oxygen atoms in total. The highest BCUT2D eigenvalue weighted by atomic mass is 35.5. The molecule has 41 heavy (non-hydrogen) atoms. The fraction of sp³-hybridized carbons (Fsp3) is 0.379. The monoisotopic (exact) mass is 585 g/mol. The Hall–Kier alpha value is -3.61. The van der Waals surface area contributed by atoms with Gasteiger partial charge in [-0.1, -0.05) is 48.0 Å². The first kappa shape index (κ1) is 31.9. The molecule has 220 valence electrons. The number of halogens is 1. The first-order chi connectivity index (χ1) is 19.4. The standard InChI is InChI=1S/C25H30ClN5O.C4H6O5/c1-25(2,27)20-7-5-19(6-8-20)23-22(26)17-28-24(30-23)29-21-9-3-18(4-10-21)11-12-31-13-15-32-16-14-31;5-2(4(8)9)1-3(6)7/h3-10,17H,11-16,27H2,1-2H3,(H,28,29,30);2,5H,1H2,(H,6,7)(H,8,9). The van der Waals surface area contributed by atoms with Gasteiger partial charge in [-0.05, 0) is 43.5 Å². The van der Waals surface area contributed by atoms with Crippen LogP contribution < -0.4 is 11.1 Å². The van der Waals surface area contributed by atoms with Gasteiger partial charge in [0.25, 0.3) is 0 Å². The maximum atomic E-state index is 9.72. The van der Waals surface area contributed by atoms with E-state index in [1.807, 2.05) is 38.1 Å². The Morgan fingerprint density at radius 1 is 1.10 bits per heavy atom. The lowest BCUT2D eigenvalue weighted by Crippen LogP contribution is -2.37. The molecular weight excluding hydrogens is 550 g/mol. The Morgan fingerprint density at radius 2 is 1.73 bits per heavy atom. The number of aromatic nitrogens is 2. The van der Waals surface area contributed by atoms with Gasteiger partial charge in [-0.25, -0.2) is 14.8 Å². The third kappa shape index (κ3) is 10.4. The highest BCUT2D eigenvalue weighted by Gasteiger charge is 2.17. The van der Waals surface area contributed by atoms with Gasteiger partial charge < -0.3 is 31.1 Å². The molecule has 0 aliphatic carbocycles. The minimum Gasteiger partial charge on any atom is -0.481 e. The van der Waals surface area contributed by atoms with Crippen molar-refractivity contribution in [3.8, 4) is 11.3 Å². The van der Waals surface area contributed by atoms with Crippen LogP contribution in [0.1, 0.15) is 31.4 Å². The molecule has 6 N–H and O–H groups in total. The Kier molecular flexibility index (Phi) is 11.6. The van der Waals surface area contributed by atoms with Crippen LogP contribution in [0.3, 0.4) is 0 Å². The molecule has 0 spiro atoms. The average Bonchev–Trinajstić information content (AvgIpc) is 2.94. The normalized spacial score (nSPS) is 14.5. The lowest BCUT2D eigenvalue weighted by molar-refractivity contribution is -0.152. The first-order valence-electron chi connectivity index (χ1n) is 13.1. The van der Waals surface area contributed by atoms with E-state index in [-0.39, 0.29) is 0 Å². The fourth-order valence-corrected chi connectivity index (χ4v) is 4.14. The molecule has 0 saturated carbocycles. The number of nitrogens with zero attached hydrogens (tertiary/aromatic N) is 3. The second kappa shape index (κ2) is 14.9. The topological polar surface area (TPSA) is 171 Å². The number of morpholine rings is 1. The van der Waals surface area contributed by atoms with E-state index in [9.17, 15) is 9.59 Å². The highest BCUT2D eigenvalue weighted by Crippen LogP contribution is 2.29. The van der Waals surface area contributed by atoms with Crippen LogP contribution in [0, 0.1) is 0 Å². The van der Waals surface area contributed by atoms with E-state index in [4.69, 9.17) is 37.4 Å². The predicted octanol–water partition coefficient (Wildman–Crippen LogP) is 3.52. The van der Waals surface area contributed by atoms with Crippen molar-refractivity contribution in [2.45, 2.75) is 38.3 Å². The van der Waals surface area contributed by atoms with Crippen molar-refractivity contribution in [2.75, 3.05) is 38.2 Å². The molecule has 0 amide bonds. The lowest BCUT2D eigenvalue weighted by Gasteiger charge is -2.26. The number of carboxylic acid groups (broad SMARTS) is 2. The van der Waals surface area contributed by atoms with Crippen LogP contribution in [0.4, 0.5) is 11.6 Å². The summed E-state index contributed by atoms with van der Waals surface area (Å²) in [5.41, 5.74) is 10.7. The summed E-state index contributed by atoms with van der Waals surface area (Å²) in [6.45, 7) is 8.72. The van der Waals surface area contributed by atoms with Crippen molar-refractivity contribution in [3.05, 3.63) is 70.9 Å². The smallest absolute Gasteiger partial charge is 0.333 e. The van der Waals surface area contributed by atoms with Gasteiger partial charge in [-0.15, -0.1) is 0 Å². The molecule has 3 aromatic rings. The van der Waals surface area contributed by atoms with E-state index in [2.05, 4.69) is 44.5 Å².